The lowest BCUT2D eigenvalue weighted by Crippen LogP contribution is -2.00. The van der Waals surface area contributed by atoms with Crippen molar-refractivity contribution in [2.45, 2.75) is 6.61 Å². The predicted molar refractivity (Wildman–Crippen MR) is 79.7 cm³/mol. The highest BCUT2D eigenvalue weighted by Gasteiger charge is 2.13. The Morgan fingerprint density at radius 1 is 1.47 bits per heavy atom. The van der Waals surface area contributed by atoms with Crippen LogP contribution in [0.1, 0.15) is 15.2 Å². The van der Waals surface area contributed by atoms with Gasteiger partial charge >= 0.3 is 0 Å². The van der Waals surface area contributed by atoms with Gasteiger partial charge in [0.1, 0.15) is 6.61 Å². The molecule has 2 aromatic rings. The van der Waals surface area contributed by atoms with E-state index in [4.69, 9.17) is 21.1 Å². The van der Waals surface area contributed by atoms with Crippen LogP contribution < -0.4 is 9.47 Å². The molecule has 1 heterocycles. The van der Waals surface area contributed by atoms with E-state index in [1.54, 1.807) is 23.5 Å². The standard InChI is InChI=1S/C13H10BrClO3S/c1-17-11-5-9(15)4-8(6-16)13(11)18-7-12-10(14)2-3-19-12/h2-6H,7H2,1H3. The molecular formula is C13H10BrClO3S. The molecule has 0 fully saturated rings. The zero-order valence-corrected chi connectivity index (χ0v) is 13.1. The van der Waals surface area contributed by atoms with Gasteiger partial charge in [-0.3, -0.25) is 4.79 Å². The summed E-state index contributed by atoms with van der Waals surface area (Å²) >= 11 is 10.9. The fourth-order valence-corrected chi connectivity index (χ4v) is 3.14. The average molecular weight is 362 g/mol. The van der Waals surface area contributed by atoms with Gasteiger partial charge in [0.15, 0.2) is 17.8 Å². The number of hydrogen-bond acceptors (Lipinski definition) is 4. The molecule has 0 atom stereocenters. The number of methoxy groups -OCH3 is 1. The number of aldehydes is 1. The van der Waals surface area contributed by atoms with Crippen LogP contribution in [0.25, 0.3) is 0 Å². The number of benzene rings is 1. The maximum atomic E-state index is 11.1. The molecule has 100 valence electrons. The highest BCUT2D eigenvalue weighted by atomic mass is 79.9. The first-order valence-corrected chi connectivity index (χ1v) is 7.38. The molecule has 0 aliphatic carbocycles. The Morgan fingerprint density at radius 3 is 2.84 bits per heavy atom. The van der Waals surface area contributed by atoms with Crippen molar-refractivity contribution < 1.29 is 14.3 Å². The maximum absolute atomic E-state index is 11.1. The van der Waals surface area contributed by atoms with Gasteiger partial charge in [-0.25, -0.2) is 0 Å². The van der Waals surface area contributed by atoms with Crippen molar-refractivity contribution in [1.82, 2.24) is 0 Å². The SMILES string of the molecule is COc1cc(Cl)cc(C=O)c1OCc1sccc1Br. The van der Waals surface area contributed by atoms with Crippen LogP contribution in [0.4, 0.5) is 0 Å². The van der Waals surface area contributed by atoms with Gasteiger partial charge in [-0.2, -0.15) is 0 Å². The van der Waals surface area contributed by atoms with E-state index >= 15 is 0 Å². The van der Waals surface area contributed by atoms with Crippen molar-refractivity contribution in [1.29, 1.82) is 0 Å². The number of ether oxygens (including phenoxy) is 2. The zero-order chi connectivity index (χ0) is 13.8. The van der Waals surface area contributed by atoms with E-state index in [0.29, 0.717) is 35.0 Å². The Kier molecular flexibility index (Phi) is 4.85. The molecule has 0 bridgehead atoms. The second-order valence-electron chi connectivity index (χ2n) is 3.62. The normalized spacial score (nSPS) is 10.3. The average Bonchev–Trinajstić information content (AvgIpc) is 2.81. The molecule has 0 radical (unpaired) electrons. The van der Waals surface area contributed by atoms with E-state index in [0.717, 1.165) is 9.35 Å². The molecule has 1 aromatic carbocycles. The number of thiophene rings is 1. The summed E-state index contributed by atoms with van der Waals surface area (Å²) in [6.45, 7) is 0.358. The van der Waals surface area contributed by atoms with Gasteiger partial charge in [0, 0.05) is 15.6 Å². The van der Waals surface area contributed by atoms with Crippen LogP contribution in [0.5, 0.6) is 11.5 Å². The van der Waals surface area contributed by atoms with Crippen molar-refractivity contribution in [2.75, 3.05) is 7.11 Å². The van der Waals surface area contributed by atoms with Crippen molar-refractivity contribution >= 4 is 45.2 Å². The maximum Gasteiger partial charge on any atom is 0.172 e. The zero-order valence-electron chi connectivity index (χ0n) is 9.98. The number of halogens is 2. The summed E-state index contributed by atoms with van der Waals surface area (Å²) in [6, 6.07) is 5.12. The summed E-state index contributed by atoms with van der Waals surface area (Å²) in [5, 5.41) is 2.39. The fraction of sp³-hybridized carbons (Fsp3) is 0.154. The minimum Gasteiger partial charge on any atom is -0.493 e. The highest BCUT2D eigenvalue weighted by molar-refractivity contribution is 9.10. The first-order chi connectivity index (χ1) is 9.15. The lowest BCUT2D eigenvalue weighted by atomic mass is 10.2. The molecule has 0 amide bonds. The monoisotopic (exact) mass is 360 g/mol. The lowest BCUT2D eigenvalue weighted by molar-refractivity contribution is 0.111. The molecule has 19 heavy (non-hydrogen) atoms. The quantitative estimate of drug-likeness (QED) is 0.732. The van der Waals surface area contributed by atoms with Crippen LogP contribution in [0.2, 0.25) is 5.02 Å². The second-order valence-corrected chi connectivity index (χ2v) is 5.92. The third-order valence-electron chi connectivity index (χ3n) is 2.43. The van der Waals surface area contributed by atoms with E-state index < -0.39 is 0 Å². The summed E-state index contributed by atoms with van der Waals surface area (Å²) in [4.78, 5) is 12.1. The minimum atomic E-state index is 0.358. The first-order valence-electron chi connectivity index (χ1n) is 5.33. The summed E-state index contributed by atoms with van der Waals surface area (Å²) in [5.74, 6) is 0.851. The van der Waals surface area contributed by atoms with Crippen LogP contribution in [0.15, 0.2) is 28.1 Å². The van der Waals surface area contributed by atoms with Gasteiger partial charge in [-0.05, 0) is 33.4 Å². The Labute approximate surface area is 128 Å². The second kappa shape index (κ2) is 6.41. The number of carbonyl (C=O) groups is 1. The Bertz CT molecular complexity index is 598. The summed E-state index contributed by atoms with van der Waals surface area (Å²) in [5.41, 5.74) is 0.372. The number of hydrogen-bond donors (Lipinski definition) is 0. The van der Waals surface area contributed by atoms with E-state index in [2.05, 4.69) is 15.9 Å². The van der Waals surface area contributed by atoms with Gasteiger partial charge in [0.2, 0.25) is 0 Å². The van der Waals surface area contributed by atoms with Gasteiger partial charge < -0.3 is 9.47 Å². The van der Waals surface area contributed by atoms with Crippen LogP contribution in [0, 0.1) is 0 Å². The molecule has 0 aliphatic heterocycles. The third-order valence-corrected chi connectivity index (χ3v) is 4.55. The Hall–Kier alpha value is -1.04. The molecule has 1 aromatic heterocycles. The summed E-state index contributed by atoms with van der Waals surface area (Å²) in [7, 11) is 1.51. The smallest absolute Gasteiger partial charge is 0.172 e. The van der Waals surface area contributed by atoms with E-state index in [1.807, 2.05) is 11.4 Å². The van der Waals surface area contributed by atoms with Gasteiger partial charge in [0.05, 0.1) is 17.6 Å². The lowest BCUT2D eigenvalue weighted by Gasteiger charge is -2.12. The van der Waals surface area contributed by atoms with Gasteiger partial charge in [-0.15, -0.1) is 11.3 Å². The molecule has 0 aliphatic rings. The summed E-state index contributed by atoms with van der Waals surface area (Å²) in [6.07, 6.45) is 0.702. The fourth-order valence-electron chi connectivity index (χ4n) is 1.55. The minimum absolute atomic E-state index is 0.358. The van der Waals surface area contributed by atoms with Crippen LogP contribution in [-0.4, -0.2) is 13.4 Å². The molecule has 2 rings (SSSR count). The van der Waals surface area contributed by atoms with Crippen molar-refractivity contribution in [3.63, 3.8) is 0 Å². The first kappa shape index (κ1) is 14.4. The van der Waals surface area contributed by atoms with E-state index in [1.165, 1.54) is 7.11 Å². The summed E-state index contributed by atoms with van der Waals surface area (Å²) < 4.78 is 11.9. The van der Waals surface area contributed by atoms with Gasteiger partial charge in [-0.1, -0.05) is 11.6 Å². The Morgan fingerprint density at radius 2 is 2.26 bits per heavy atom. The molecule has 0 unspecified atom stereocenters. The topological polar surface area (TPSA) is 35.5 Å². The molecule has 6 heteroatoms. The molecular weight excluding hydrogens is 352 g/mol. The van der Waals surface area contributed by atoms with Crippen LogP contribution in [-0.2, 0) is 6.61 Å². The largest absolute Gasteiger partial charge is 0.493 e. The molecule has 0 spiro atoms. The van der Waals surface area contributed by atoms with E-state index in [9.17, 15) is 4.79 Å². The van der Waals surface area contributed by atoms with Crippen molar-refractivity contribution in [3.05, 3.63) is 43.5 Å². The van der Waals surface area contributed by atoms with Crippen LogP contribution in [0.3, 0.4) is 0 Å². The molecule has 0 saturated heterocycles. The van der Waals surface area contributed by atoms with E-state index in [-0.39, 0.29) is 0 Å². The van der Waals surface area contributed by atoms with Crippen molar-refractivity contribution in [3.8, 4) is 11.5 Å². The Balaban J connectivity index is 2.28. The third kappa shape index (κ3) is 3.29. The molecule has 0 saturated carbocycles. The van der Waals surface area contributed by atoms with Gasteiger partial charge in [0.25, 0.3) is 0 Å². The predicted octanol–water partition coefficient (Wildman–Crippen LogP) is 4.56. The number of rotatable bonds is 5. The molecule has 0 N–H and O–H groups in total. The molecule has 3 nitrogen and oxygen atoms in total. The highest BCUT2D eigenvalue weighted by Crippen LogP contribution is 2.35. The van der Waals surface area contributed by atoms with Crippen molar-refractivity contribution in [2.24, 2.45) is 0 Å². The van der Waals surface area contributed by atoms with Crippen LogP contribution >= 0.6 is 38.9 Å². The number of carbonyl (C=O) groups excluding carboxylic acids is 1.